The molecule has 8 nitrogen and oxygen atoms in total. The van der Waals surface area contributed by atoms with Gasteiger partial charge in [-0.05, 0) is 55.7 Å². The van der Waals surface area contributed by atoms with E-state index < -0.39 is 0 Å². The maximum absolute atomic E-state index is 13.0. The Labute approximate surface area is 199 Å². The summed E-state index contributed by atoms with van der Waals surface area (Å²) < 4.78 is 13.2. The zero-order valence-corrected chi connectivity index (χ0v) is 19.5. The van der Waals surface area contributed by atoms with E-state index in [4.69, 9.17) is 9.47 Å². The van der Waals surface area contributed by atoms with E-state index in [-0.39, 0.29) is 17.7 Å². The lowest BCUT2D eigenvalue weighted by molar-refractivity contribution is -0.141. The number of imidazole rings is 1. The first-order chi connectivity index (χ1) is 16.6. The number of amides is 2. The highest BCUT2D eigenvalue weighted by molar-refractivity contribution is 5.94. The molecule has 3 aromatic rings. The summed E-state index contributed by atoms with van der Waals surface area (Å²) in [4.78, 5) is 34.0. The number of nitrogens with zero attached hydrogens (tertiary/aromatic N) is 4. The molecule has 2 aliphatic rings. The molecular formula is C26H30N4O4. The predicted molar refractivity (Wildman–Crippen MR) is 127 cm³/mol. The van der Waals surface area contributed by atoms with Gasteiger partial charge >= 0.3 is 0 Å². The molecule has 34 heavy (non-hydrogen) atoms. The number of aryl methyl sites for hydroxylation is 1. The van der Waals surface area contributed by atoms with Gasteiger partial charge in [-0.1, -0.05) is 6.07 Å². The predicted octanol–water partition coefficient (Wildman–Crippen LogP) is 2.93. The van der Waals surface area contributed by atoms with Gasteiger partial charge in [-0.15, -0.1) is 0 Å². The van der Waals surface area contributed by atoms with Crippen LogP contribution in [0.3, 0.4) is 0 Å². The second-order valence-corrected chi connectivity index (χ2v) is 8.97. The van der Waals surface area contributed by atoms with Gasteiger partial charge < -0.3 is 23.7 Å². The van der Waals surface area contributed by atoms with Gasteiger partial charge in [0.2, 0.25) is 5.91 Å². The molecule has 5 rings (SSSR count). The van der Waals surface area contributed by atoms with E-state index in [1.165, 1.54) is 0 Å². The van der Waals surface area contributed by atoms with Crippen molar-refractivity contribution in [1.82, 2.24) is 19.2 Å². The lowest BCUT2D eigenvalue weighted by Gasteiger charge is -2.35. The van der Waals surface area contributed by atoms with Crippen molar-refractivity contribution in [3.63, 3.8) is 0 Å². The molecular weight excluding hydrogens is 432 g/mol. The van der Waals surface area contributed by atoms with Crippen LogP contribution in [-0.4, -0.2) is 70.4 Å². The summed E-state index contributed by atoms with van der Waals surface area (Å²) in [7, 11) is 0. The summed E-state index contributed by atoms with van der Waals surface area (Å²) in [5.41, 5.74) is 3.53. The highest BCUT2D eigenvalue weighted by atomic mass is 16.5. The molecule has 2 saturated heterocycles. The van der Waals surface area contributed by atoms with Crippen molar-refractivity contribution in [2.24, 2.45) is 5.92 Å². The number of morpholine rings is 1. The number of likely N-dealkylation sites (tertiary alicyclic amines) is 1. The highest BCUT2D eigenvalue weighted by Crippen LogP contribution is 2.23. The Bertz CT molecular complexity index is 1160. The third-order valence-electron chi connectivity index (χ3n) is 6.67. The van der Waals surface area contributed by atoms with Crippen molar-refractivity contribution >= 4 is 17.5 Å². The first-order valence-electron chi connectivity index (χ1n) is 11.9. The second kappa shape index (κ2) is 9.85. The molecule has 0 bridgehead atoms. The Morgan fingerprint density at radius 1 is 1.03 bits per heavy atom. The fourth-order valence-corrected chi connectivity index (χ4v) is 4.68. The molecule has 0 saturated carbocycles. The molecule has 8 heteroatoms. The normalized spacial score (nSPS) is 17.2. The van der Waals surface area contributed by atoms with Crippen LogP contribution in [-0.2, 0) is 16.1 Å². The number of rotatable bonds is 5. The van der Waals surface area contributed by atoms with Gasteiger partial charge in [0, 0.05) is 50.1 Å². The number of carbonyl (C=O) groups excluding carboxylic acids is 2. The second-order valence-electron chi connectivity index (χ2n) is 8.97. The minimum atomic E-state index is -0.000326. The third kappa shape index (κ3) is 4.77. The molecule has 2 fully saturated rings. The first kappa shape index (κ1) is 22.4. The number of ether oxygens (including phenoxy) is 2. The van der Waals surface area contributed by atoms with Crippen molar-refractivity contribution in [2.75, 3.05) is 39.4 Å². The number of carbonyl (C=O) groups is 2. The van der Waals surface area contributed by atoms with Crippen molar-refractivity contribution in [3.8, 4) is 5.75 Å². The van der Waals surface area contributed by atoms with Crippen LogP contribution in [0.4, 0.5) is 0 Å². The first-order valence-corrected chi connectivity index (χ1v) is 11.9. The molecule has 0 unspecified atom stereocenters. The fourth-order valence-electron chi connectivity index (χ4n) is 4.68. The fraction of sp³-hybridized carbons (Fsp3) is 0.423. The molecule has 0 spiro atoms. The van der Waals surface area contributed by atoms with Gasteiger partial charge in [-0.3, -0.25) is 9.59 Å². The molecule has 178 valence electrons. The topological polar surface area (TPSA) is 76.4 Å². The SMILES string of the molecule is Cc1cccn2cc(COc3ccc(C(=O)N4CCC(C(=O)N5CCOCC5)CC4)cc3)nc12. The quantitative estimate of drug-likeness (QED) is 0.583. The summed E-state index contributed by atoms with van der Waals surface area (Å²) in [5, 5.41) is 0. The molecule has 2 amide bonds. The average molecular weight is 463 g/mol. The number of benzene rings is 1. The summed E-state index contributed by atoms with van der Waals surface area (Å²) in [6.45, 7) is 6.16. The Hall–Kier alpha value is -3.39. The van der Waals surface area contributed by atoms with Gasteiger partial charge in [-0.2, -0.15) is 0 Å². The van der Waals surface area contributed by atoms with Crippen LogP contribution in [0.5, 0.6) is 5.75 Å². The molecule has 1 aromatic carbocycles. The zero-order valence-electron chi connectivity index (χ0n) is 19.5. The van der Waals surface area contributed by atoms with Crippen molar-refractivity contribution in [3.05, 3.63) is 65.6 Å². The van der Waals surface area contributed by atoms with Crippen LogP contribution in [0, 0.1) is 12.8 Å². The van der Waals surface area contributed by atoms with Crippen LogP contribution in [0.15, 0.2) is 48.8 Å². The average Bonchev–Trinajstić information content (AvgIpc) is 3.32. The van der Waals surface area contributed by atoms with E-state index in [1.807, 2.05) is 57.8 Å². The van der Waals surface area contributed by atoms with Crippen LogP contribution < -0.4 is 4.74 Å². The van der Waals surface area contributed by atoms with Crippen molar-refractivity contribution in [2.45, 2.75) is 26.4 Å². The van der Waals surface area contributed by atoms with Crippen LogP contribution in [0.1, 0.15) is 34.5 Å². The Balaban J connectivity index is 1.13. The standard InChI is InChI=1S/C26H30N4O4/c1-19-3-2-10-30-17-22(27-24(19)30)18-34-23-6-4-20(5-7-23)25(31)28-11-8-21(9-12-28)26(32)29-13-15-33-16-14-29/h2-7,10,17,21H,8-9,11-16,18H2,1H3. The van der Waals surface area contributed by atoms with Crippen molar-refractivity contribution in [1.29, 1.82) is 0 Å². The Morgan fingerprint density at radius 2 is 1.76 bits per heavy atom. The van der Waals surface area contributed by atoms with Gasteiger partial charge in [0.25, 0.3) is 5.91 Å². The zero-order chi connectivity index (χ0) is 23.5. The van der Waals surface area contributed by atoms with E-state index in [2.05, 4.69) is 4.98 Å². The van der Waals surface area contributed by atoms with Gasteiger partial charge in [0.05, 0.1) is 18.9 Å². The van der Waals surface area contributed by atoms with E-state index >= 15 is 0 Å². The van der Waals surface area contributed by atoms with Crippen LogP contribution in [0.25, 0.3) is 5.65 Å². The van der Waals surface area contributed by atoms with E-state index in [1.54, 1.807) is 12.1 Å². The lowest BCUT2D eigenvalue weighted by atomic mass is 9.94. The smallest absolute Gasteiger partial charge is 0.253 e. The number of piperidine rings is 1. The minimum absolute atomic E-state index is 0.000326. The van der Waals surface area contributed by atoms with Crippen LogP contribution in [0.2, 0.25) is 0 Å². The van der Waals surface area contributed by atoms with Crippen LogP contribution >= 0.6 is 0 Å². The van der Waals surface area contributed by atoms with Gasteiger partial charge in [0.1, 0.15) is 18.0 Å². The number of aromatic nitrogens is 2. The number of pyridine rings is 1. The summed E-state index contributed by atoms with van der Waals surface area (Å²) in [6.07, 6.45) is 5.36. The Morgan fingerprint density at radius 3 is 2.47 bits per heavy atom. The molecule has 2 aliphatic heterocycles. The maximum Gasteiger partial charge on any atom is 0.253 e. The molecule has 0 N–H and O–H groups in total. The maximum atomic E-state index is 13.0. The largest absolute Gasteiger partial charge is 0.487 e. The monoisotopic (exact) mass is 462 g/mol. The van der Waals surface area contributed by atoms with E-state index in [9.17, 15) is 9.59 Å². The molecule has 4 heterocycles. The summed E-state index contributed by atoms with van der Waals surface area (Å²) in [5.74, 6) is 0.902. The van der Waals surface area contributed by atoms with Gasteiger partial charge in [-0.25, -0.2) is 4.98 Å². The van der Waals surface area contributed by atoms with E-state index in [0.29, 0.717) is 70.2 Å². The number of hydrogen-bond acceptors (Lipinski definition) is 5. The number of fused-ring (bicyclic) bond motifs is 1. The lowest BCUT2D eigenvalue weighted by Crippen LogP contribution is -2.47. The molecule has 0 radical (unpaired) electrons. The Kier molecular flexibility index (Phi) is 6.49. The molecule has 0 atom stereocenters. The third-order valence-corrected chi connectivity index (χ3v) is 6.67. The molecule has 0 aliphatic carbocycles. The minimum Gasteiger partial charge on any atom is -0.487 e. The summed E-state index contributed by atoms with van der Waals surface area (Å²) >= 11 is 0. The van der Waals surface area contributed by atoms with Crippen molar-refractivity contribution < 1.29 is 19.1 Å². The highest BCUT2D eigenvalue weighted by Gasteiger charge is 2.31. The van der Waals surface area contributed by atoms with E-state index in [0.717, 1.165) is 16.9 Å². The molecule has 2 aromatic heterocycles. The van der Waals surface area contributed by atoms with Gasteiger partial charge in [0.15, 0.2) is 0 Å². The number of hydrogen-bond donors (Lipinski definition) is 0. The summed E-state index contributed by atoms with van der Waals surface area (Å²) in [6, 6.07) is 11.3.